The molecule has 0 bridgehead atoms. The number of pyridine rings is 1. The third kappa shape index (κ3) is 5.73. The Hall–Kier alpha value is -1.16. The lowest BCUT2D eigenvalue weighted by molar-refractivity contribution is 0.0268. The van der Waals surface area contributed by atoms with Crippen molar-refractivity contribution >= 4 is 35.8 Å². The molecule has 0 radical (unpaired) electrons. The minimum absolute atomic E-state index is 0. The number of anilines is 1. The number of nitrogens with zero attached hydrogens (tertiary/aromatic N) is 3. The zero-order chi connectivity index (χ0) is 16.9. The van der Waals surface area contributed by atoms with Crippen LogP contribution in [0.1, 0.15) is 20.3 Å². The molecule has 2 N–H and O–H groups in total. The number of rotatable bonds is 5. The van der Waals surface area contributed by atoms with E-state index in [2.05, 4.69) is 20.6 Å². The molecular weight excluding hydrogens is 424 g/mol. The van der Waals surface area contributed by atoms with Gasteiger partial charge in [-0.1, -0.05) is 0 Å². The molecule has 1 saturated heterocycles. The van der Waals surface area contributed by atoms with Gasteiger partial charge in [-0.3, -0.25) is 4.99 Å². The minimum atomic E-state index is -0.280. The largest absolute Gasteiger partial charge is 0.377 e. The molecule has 24 heavy (non-hydrogen) atoms. The Kier molecular flexibility index (Phi) is 8.14. The van der Waals surface area contributed by atoms with Gasteiger partial charge >= 0.3 is 0 Å². The van der Waals surface area contributed by atoms with E-state index in [1.165, 1.54) is 6.07 Å². The van der Waals surface area contributed by atoms with Crippen LogP contribution in [0.4, 0.5) is 10.2 Å². The molecule has 2 heterocycles. The molecule has 1 aromatic heterocycles. The van der Waals surface area contributed by atoms with Crippen molar-refractivity contribution in [1.82, 2.24) is 15.6 Å². The van der Waals surface area contributed by atoms with Crippen LogP contribution >= 0.6 is 24.0 Å². The number of aromatic nitrogens is 1. The zero-order valence-electron chi connectivity index (χ0n) is 14.7. The fourth-order valence-electron chi connectivity index (χ4n) is 2.44. The lowest BCUT2D eigenvalue weighted by atomic mass is 10.1. The van der Waals surface area contributed by atoms with Crippen LogP contribution in [0.2, 0.25) is 0 Å². The van der Waals surface area contributed by atoms with E-state index in [1.807, 2.05) is 18.7 Å². The smallest absolute Gasteiger partial charge is 0.191 e. The van der Waals surface area contributed by atoms with Crippen molar-refractivity contribution in [1.29, 1.82) is 0 Å². The van der Waals surface area contributed by atoms with Gasteiger partial charge in [-0.05, 0) is 32.4 Å². The van der Waals surface area contributed by atoms with Crippen LogP contribution in [0.5, 0.6) is 0 Å². The number of halogens is 2. The molecule has 0 saturated carbocycles. The Morgan fingerprint density at radius 2 is 2.29 bits per heavy atom. The van der Waals surface area contributed by atoms with E-state index in [9.17, 15) is 4.39 Å². The van der Waals surface area contributed by atoms with E-state index in [0.29, 0.717) is 18.9 Å². The molecule has 0 amide bonds. The van der Waals surface area contributed by atoms with Crippen molar-refractivity contribution < 1.29 is 9.13 Å². The second-order valence-corrected chi connectivity index (χ2v) is 6.27. The lowest BCUT2D eigenvalue weighted by Gasteiger charge is -2.25. The summed E-state index contributed by atoms with van der Waals surface area (Å²) in [5.41, 5.74) is -0.267. The highest BCUT2D eigenvalue weighted by molar-refractivity contribution is 14.0. The monoisotopic (exact) mass is 451 g/mol. The van der Waals surface area contributed by atoms with Gasteiger partial charge in [0.2, 0.25) is 0 Å². The van der Waals surface area contributed by atoms with Crippen LogP contribution < -0.4 is 15.5 Å². The second-order valence-electron chi connectivity index (χ2n) is 6.27. The average molecular weight is 451 g/mol. The maximum absolute atomic E-state index is 13.8. The highest BCUT2D eigenvalue weighted by atomic mass is 127. The molecule has 1 aromatic rings. The van der Waals surface area contributed by atoms with Gasteiger partial charge in [0.05, 0.1) is 5.60 Å². The fourth-order valence-corrected chi connectivity index (χ4v) is 2.44. The first-order valence-electron chi connectivity index (χ1n) is 7.83. The number of methoxy groups -OCH3 is 1. The van der Waals surface area contributed by atoms with Gasteiger partial charge in [0, 0.05) is 46.0 Å². The van der Waals surface area contributed by atoms with Crippen molar-refractivity contribution in [2.75, 3.05) is 38.7 Å². The second kappa shape index (κ2) is 9.36. The summed E-state index contributed by atoms with van der Waals surface area (Å²) in [4.78, 5) is 10.3. The molecule has 0 aliphatic carbocycles. The molecule has 1 unspecified atom stereocenters. The normalized spacial score (nSPS) is 18.3. The van der Waals surface area contributed by atoms with Gasteiger partial charge in [-0.2, -0.15) is 0 Å². The average Bonchev–Trinajstić information content (AvgIpc) is 3.00. The van der Waals surface area contributed by atoms with Crippen molar-refractivity contribution in [3.8, 4) is 0 Å². The number of hydrogen-bond acceptors (Lipinski definition) is 4. The lowest BCUT2D eigenvalue weighted by Crippen LogP contribution is -2.49. The number of guanidine groups is 1. The Labute approximate surface area is 160 Å². The molecule has 0 spiro atoms. The standard InChI is InChI=1S/C16H26FN5O.HI/c1-16(2,23-4)11-20-15(18-3)21-12-7-9-22(10-12)14-13(17)6-5-8-19-14;/h5-6,8,12H,7,9-11H2,1-4H3,(H2,18,20,21);1H. The van der Waals surface area contributed by atoms with E-state index in [1.54, 1.807) is 26.4 Å². The van der Waals surface area contributed by atoms with Crippen molar-refractivity contribution in [3.63, 3.8) is 0 Å². The summed E-state index contributed by atoms with van der Waals surface area (Å²) in [5, 5.41) is 6.63. The first-order chi connectivity index (χ1) is 10.9. The van der Waals surface area contributed by atoms with Crippen LogP contribution in [0, 0.1) is 5.82 Å². The Balaban J connectivity index is 0.00000288. The summed E-state index contributed by atoms with van der Waals surface area (Å²) in [6.07, 6.45) is 2.52. The van der Waals surface area contributed by atoms with Gasteiger partial charge < -0.3 is 20.3 Å². The molecule has 1 fully saturated rings. The third-order valence-electron chi connectivity index (χ3n) is 4.03. The van der Waals surface area contributed by atoms with Crippen LogP contribution in [-0.2, 0) is 4.74 Å². The number of aliphatic imine (C=N–C) groups is 1. The summed E-state index contributed by atoms with van der Waals surface area (Å²) in [7, 11) is 3.42. The minimum Gasteiger partial charge on any atom is -0.377 e. The maximum atomic E-state index is 13.8. The van der Waals surface area contributed by atoms with Gasteiger partial charge in [0.1, 0.15) is 0 Å². The van der Waals surface area contributed by atoms with E-state index >= 15 is 0 Å². The number of ether oxygens (including phenoxy) is 1. The van der Waals surface area contributed by atoms with Gasteiger partial charge in [0.25, 0.3) is 0 Å². The van der Waals surface area contributed by atoms with Crippen molar-refractivity contribution in [2.45, 2.75) is 31.9 Å². The van der Waals surface area contributed by atoms with E-state index in [4.69, 9.17) is 4.74 Å². The molecule has 1 aliphatic heterocycles. The van der Waals surface area contributed by atoms with Gasteiger partial charge in [-0.25, -0.2) is 9.37 Å². The van der Waals surface area contributed by atoms with E-state index in [-0.39, 0.29) is 41.4 Å². The Morgan fingerprint density at radius 1 is 1.54 bits per heavy atom. The predicted octanol–water partition coefficient (Wildman–Crippen LogP) is 2.01. The molecule has 2 rings (SSSR count). The van der Waals surface area contributed by atoms with Crippen molar-refractivity contribution in [3.05, 3.63) is 24.1 Å². The molecule has 6 nitrogen and oxygen atoms in total. The predicted molar refractivity (Wildman–Crippen MR) is 106 cm³/mol. The van der Waals surface area contributed by atoms with Crippen molar-refractivity contribution in [2.24, 2.45) is 4.99 Å². The topological polar surface area (TPSA) is 61.8 Å². The van der Waals surface area contributed by atoms with Crippen LogP contribution in [-0.4, -0.2) is 56.4 Å². The van der Waals surface area contributed by atoms with E-state index in [0.717, 1.165) is 18.9 Å². The molecule has 136 valence electrons. The van der Waals surface area contributed by atoms with Gasteiger partial charge in [-0.15, -0.1) is 24.0 Å². The molecule has 1 aliphatic rings. The molecule has 8 heteroatoms. The first kappa shape index (κ1) is 20.9. The Morgan fingerprint density at radius 3 is 2.92 bits per heavy atom. The number of hydrogen-bond donors (Lipinski definition) is 2. The van der Waals surface area contributed by atoms with Crippen LogP contribution in [0.3, 0.4) is 0 Å². The molecule has 0 aromatic carbocycles. The first-order valence-corrected chi connectivity index (χ1v) is 7.83. The summed E-state index contributed by atoms with van der Waals surface area (Å²) in [6, 6.07) is 3.25. The van der Waals surface area contributed by atoms with E-state index < -0.39 is 0 Å². The summed E-state index contributed by atoms with van der Waals surface area (Å²) in [6.45, 7) is 6.13. The summed E-state index contributed by atoms with van der Waals surface area (Å²) >= 11 is 0. The SMILES string of the molecule is CN=C(NCC(C)(C)OC)NC1CCN(c2ncccc2F)C1.I. The molecular formula is C16H27FIN5O. The van der Waals surface area contributed by atoms with Gasteiger partial charge in [0.15, 0.2) is 17.6 Å². The van der Waals surface area contributed by atoms with Crippen LogP contribution in [0.15, 0.2) is 23.3 Å². The Bertz CT molecular complexity index is 555. The maximum Gasteiger partial charge on any atom is 0.191 e. The van der Waals surface area contributed by atoms with Crippen LogP contribution in [0.25, 0.3) is 0 Å². The highest BCUT2D eigenvalue weighted by Gasteiger charge is 2.26. The number of nitrogens with one attached hydrogen (secondary N) is 2. The zero-order valence-corrected chi connectivity index (χ0v) is 17.0. The third-order valence-corrected chi connectivity index (χ3v) is 4.03. The highest BCUT2D eigenvalue weighted by Crippen LogP contribution is 2.20. The fraction of sp³-hybridized carbons (Fsp3) is 0.625. The quantitative estimate of drug-likeness (QED) is 0.408. The summed E-state index contributed by atoms with van der Waals surface area (Å²) < 4.78 is 19.2. The summed E-state index contributed by atoms with van der Waals surface area (Å²) in [5.74, 6) is 0.862. The molecule has 1 atom stereocenters.